The number of hydrogen-bond acceptors (Lipinski definition) is 3. The van der Waals surface area contributed by atoms with Crippen LogP contribution < -0.4 is 11.2 Å². The van der Waals surface area contributed by atoms with E-state index in [2.05, 4.69) is 0 Å². The monoisotopic (exact) mass is 189 g/mol. The second-order valence-corrected chi connectivity index (χ2v) is 1.99. The molecule has 0 aliphatic rings. The standard InChI is InChI=1S/C6H7N3O2.ClH/c7-5-2-1-3-6(4-5)8-9(10)11;/h1-4,8H,7H2;1H. The van der Waals surface area contributed by atoms with Crippen molar-refractivity contribution in [1.82, 2.24) is 0 Å². The van der Waals surface area contributed by atoms with Crippen molar-refractivity contribution in [1.29, 1.82) is 0 Å². The second kappa shape index (κ2) is 4.40. The van der Waals surface area contributed by atoms with Crippen LogP contribution in [0, 0.1) is 10.1 Å². The number of halogens is 1. The summed E-state index contributed by atoms with van der Waals surface area (Å²) in [6.45, 7) is 0. The van der Waals surface area contributed by atoms with E-state index >= 15 is 0 Å². The third-order valence-electron chi connectivity index (χ3n) is 1.11. The maximum Gasteiger partial charge on any atom is 0.162 e. The summed E-state index contributed by atoms with van der Waals surface area (Å²) in [6.07, 6.45) is 0. The maximum atomic E-state index is 9.93. The molecule has 66 valence electrons. The fourth-order valence-electron chi connectivity index (χ4n) is 0.714. The first kappa shape index (κ1) is 10.5. The van der Waals surface area contributed by atoms with Crippen LogP contribution in [0.2, 0.25) is 0 Å². The van der Waals surface area contributed by atoms with Gasteiger partial charge in [0.15, 0.2) is 5.03 Å². The van der Waals surface area contributed by atoms with Gasteiger partial charge in [0.1, 0.15) is 5.69 Å². The zero-order valence-corrected chi connectivity index (χ0v) is 6.88. The Morgan fingerprint density at radius 3 is 2.67 bits per heavy atom. The molecule has 5 nitrogen and oxygen atoms in total. The molecule has 1 rings (SSSR count). The van der Waals surface area contributed by atoms with Gasteiger partial charge in [-0.1, -0.05) is 6.07 Å². The van der Waals surface area contributed by atoms with Crippen LogP contribution in [-0.2, 0) is 0 Å². The normalized spacial score (nSPS) is 8.33. The van der Waals surface area contributed by atoms with Crippen molar-refractivity contribution in [3.63, 3.8) is 0 Å². The van der Waals surface area contributed by atoms with Gasteiger partial charge < -0.3 is 5.73 Å². The number of hydrazine groups is 1. The van der Waals surface area contributed by atoms with E-state index in [1.165, 1.54) is 6.07 Å². The van der Waals surface area contributed by atoms with E-state index in [4.69, 9.17) is 5.73 Å². The molecule has 0 heterocycles. The number of rotatable bonds is 2. The lowest BCUT2D eigenvalue weighted by molar-refractivity contribution is -0.445. The molecular formula is C6H8ClN3O2. The third kappa shape index (κ3) is 3.07. The molecule has 0 radical (unpaired) electrons. The molecule has 0 saturated carbocycles. The van der Waals surface area contributed by atoms with Crippen molar-refractivity contribution in [3.8, 4) is 0 Å². The molecule has 0 aliphatic carbocycles. The molecular weight excluding hydrogens is 182 g/mol. The Hall–Kier alpha value is -1.49. The molecule has 1 aromatic rings. The summed E-state index contributed by atoms with van der Waals surface area (Å²) in [6, 6.07) is 6.36. The Kier molecular flexibility index (Phi) is 3.85. The van der Waals surface area contributed by atoms with Gasteiger partial charge in [-0.05, 0) is 18.2 Å². The number of nitrogens with one attached hydrogen (secondary N) is 1. The Morgan fingerprint density at radius 2 is 2.17 bits per heavy atom. The summed E-state index contributed by atoms with van der Waals surface area (Å²) in [7, 11) is 0. The first-order valence-corrected chi connectivity index (χ1v) is 2.95. The van der Waals surface area contributed by atoms with Gasteiger partial charge >= 0.3 is 0 Å². The lowest BCUT2D eigenvalue weighted by Gasteiger charge is -1.96. The molecule has 0 spiro atoms. The highest BCUT2D eigenvalue weighted by molar-refractivity contribution is 5.85. The number of nitrogens with zero attached hydrogens (tertiary/aromatic N) is 1. The predicted molar refractivity (Wildman–Crippen MR) is 48.7 cm³/mol. The first-order valence-electron chi connectivity index (χ1n) is 2.95. The van der Waals surface area contributed by atoms with Crippen LogP contribution in [0.15, 0.2) is 24.3 Å². The quantitative estimate of drug-likeness (QED) is 0.417. The number of anilines is 2. The summed E-state index contributed by atoms with van der Waals surface area (Å²) in [5, 5.41) is 9.30. The van der Waals surface area contributed by atoms with E-state index < -0.39 is 5.03 Å². The number of nitrogen functional groups attached to an aromatic ring is 1. The summed E-state index contributed by atoms with van der Waals surface area (Å²) in [5.41, 5.74) is 8.24. The lowest BCUT2D eigenvalue weighted by Crippen LogP contribution is -2.07. The Morgan fingerprint density at radius 1 is 1.50 bits per heavy atom. The van der Waals surface area contributed by atoms with E-state index in [0.717, 1.165) is 0 Å². The molecule has 0 saturated heterocycles. The van der Waals surface area contributed by atoms with Crippen LogP contribution in [0.5, 0.6) is 0 Å². The molecule has 0 aliphatic heterocycles. The molecule has 12 heavy (non-hydrogen) atoms. The van der Waals surface area contributed by atoms with Gasteiger partial charge in [-0.15, -0.1) is 17.8 Å². The van der Waals surface area contributed by atoms with Crippen molar-refractivity contribution in [2.24, 2.45) is 0 Å². The average molecular weight is 190 g/mol. The van der Waals surface area contributed by atoms with Crippen LogP contribution in [0.4, 0.5) is 11.4 Å². The molecule has 3 N–H and O–H groups in total. The largest absolute Gasteiger partial charge is 0.399 e. The minimum absolute atomic E-state index is 0. The third-order valence-corrected chi connectivity index (χ3v) is 1.11. The Balaban J connectivity index is 0.00000121. The van der Waals surface area contributed by atoms with Gasteiger partial charge in [0.05, 0.1) is 0 Å². The van der Waals surface area contributed by atoms with Crippen molar-refractivity contribution in [2.45, 2.75) is 0 Å². The van der Waals surface area contributed by atoms with Crippen LogP contribution >= 0.6 is 12.4 Å². The van der Waals surface area contributed by atoms with E-state index in [1.807, 2.05) is 5.43 Å². The van der Waals surface area contributed by atoms with Crippen molar-refractivity contribution in [3.05, 3.63) is 34.4 Å². The van der Waals surface area contributed by atoms with E-state index in [-0.39, 0.29) is 12.4 Å². The van der Waals surface area contributed by atoms with Gasteiger partial charge in [0.25, 0.3) is 0 Å². The molecule has 1 aromatic carbocycles. The maximum absolute atomic E-state index is 9.93. The Labute approximate surface area is 75.1 Å². The molecule has 0 unspecified atom stereocenters. The average Bonchev–Trinajstić information content (AvgIpc) is 1.85. The highest BCUT2D eigenvalue weighted by atomic mass is 35.5. The molecule has 0 atom stereocenters. The fraction of sp³-hybridized carbons (Fsp3) is 0. The molecule has 0 aromatic heterocycles. The zero-order valence-electron chi connectivity index (χ0n) is 6.06. The first-order chi connectivity index (χ1) is 5.18. The van der Waals surface area contributed by atoms with Gasteiger partial charge in [0.2, 0.25) is 0 Å². The predicted octanol–water partition coefficient (Wildman–Crippen LogP) is 1.29. The van der Waals surface area contributed by atoms with Gasteiger partial charge in [0, 0.05) is 5.69 Å². The molecule has 6 heteroatoms. The van der Waals surface area contributed by atoms with Gasteiger partial charge in [-0.2, -0.15) is 0 Å². The minimum atomic E-state index is -0.630. The van der Waals surface area contributed by atoms with Crippen LogP contribution in [0.25, 0.3) is 0 Å². The van der Waals surface area contributed by atoms with Crippen LogP contribution in [0.1, 0.15) is 0 Å². The van der Waals surface area contributed by atoms with Gasteiger partial charge in [-0.3, -0.25) is 0 Å². The highest BCUT2D eigenvalue weighted by Crippen LogP contribution is 2.10. The fourth-order valence-corrected chi connectivity index (χ4v) is 0.714. The van der Waals surface area contributed by atoms with Crippen LogP contribution in [-0.4, -0.2) is 5.03 Å². The van der Waals surface area contributed by atoms with E-state index in [9.17, 15) is 10.1 Å². The van der Waals surface area contributed by atoms with Crippen LogP contribution in [0.3, 0.4) is 0 Å². The van der Waals surface area contributed by atoms with Gasteiger partial charge in [-0.25, -0.2) is 10.1 Å². The number of nitro groups is 1. The summed E-state index contributed by atoms with van der Waals surface area (Å²) in [4.78, 5) is 9.93. The smallest absolute Gasteiger partial charge is 0.162 e. The van der Waals surface area contributed by atoms with Crippen molar-refractivity contribution in [2.75, 3.05) is 11.2 Å². The van der Waals surface area contributed by atoms with E-state index in [0.29, 0.717) is 11.4 Å². The van der Waals surface area contributed by atoms with E-state index in [1.54, 1.807) is 18.2 Å². The molecule has 0 bridgehead atoms. The minimum Gasteiger partial charge on any atom is -0.399 e. The Bertz CT molecular complexity index is 279. The van der Waals surface area contributed by atoms with Crippen molar-refractivity contribution >= 4 is 23.8 Å². The highest BCUT2D eigenvalue weighted by Gasteiger charge is 1.96. The molecule has 0 fully saturated rings. The van der Waals surface area contributed by atoms with Crippen molar-refractivity contribution < 1.29 is 5.03 Å². The topological polar surface area (TPSA) is 81.2 Å². The summed E-state index contributed by atoms with van der Waals surface area (Å²) < 4.78 is 0. The zero-order chi connectivity index (χ0) is 8.27. The summed E-state index contributed by atoms with van der Waals surface area (Å²) >= 11 is 0. The molecule has 0 amide bonds. The SMILES string of the molecule is Cl.Nc1cccc(N[N+](=O)[O-])c1. The number of benzene rings is 1. The lowest BCUT2D eigenvalue weighted by atomic mass is 10.3. The second-order valence-electron chi connectivity index (χ2n) is 1.99. The number of nitrogens with two attached hydrogens (primary N) is 1. The number of hydrogen-bond donors (Lipinski definition) is 2. The summed E-state index contributed by atoms with van der Waals surface area (Å²) in [5.74, 6) is 0.